The molecule has 2 heterocycles. The van der Waals surface area contributed by atoms with Gasteiger partial charge in [-0.2, -0.15) is 0 Å². The van der Waals surface area contributed by atoms with Gasteiger partial charge in [-0.15, -0.1) is 11.3 Å². The molecule has 102 valence electrons. The number of likely N-dealkylation sites (tertiary alicyclic amines) is 1. The molecule has 0 amide bonds. The van der Waals surface area contributed by atoms with Crippen LogP contribution in [0.25, 0.3) is 10.2 Å². The lowest BCUT2D eigenvalue weighted by atomic mass is 9.96. The van der Waals surface area contributed by atoms with Crippen molar-refractivity contribution < 1.29 is 0 Å². The predicted octanol–water partition coefficient (Wildman–Crippen LogP) is 4.29. The van der Waals surface area contributed by atoms with E-state index in [1.54, 1.807) is 0 Å². The molecule has 0 spiro atoms. The second kappa shape index (κ2) is 6.33. The number of aromatic nitrogens is 1. The van der Waals surface area contributed by atoms with Gasteiger partial charge in [0.2, 0.25) is 0 Å². The van der Waals surface area contributed by atoms with Crippen LogP contribution in [0.1, 0.15) is 24.3 Å². The summed E-state index contributed by atoms with van der Waals surface area (Å²) >= 11 is 5.41. The number of hydrogen-bond donors (Lipinski definition) is 0. The molecule has 3 rings (SSSR count). The summed E-state index contributed by atoms with van der Waals surface area (Å²) in [7, 11) is 0. The minimum Gasteiger partial charge on any atom is -0.296 e. The molecule has 2 aromatic rings. The van der Waals surface area contributed by atoms with Gasteiger partial charge in [0.1, 0.15) is 5.01 Å². The molecule has 0 bridgehead atoms. The molecule has 1 aliphatic heterocycles. The molecule has 1 fully saturated rings. The third-order valence-electron chi connectivity index (χ3n) is 3.82. The summed E-state index contributed by atoms with van der Waals surface area (Å²) in [5.74, 6) is 0.863. The van der Waals surface area contributed by atoms with Crippen molar-refractivity contribution >= 4 is 37.5 Å². The normalized spacial score (nSPS) is 21.0. The van der Waals surface area contributed by atoms with Gasteiger partial charge in [-0.1, -0.05) is 28.1 Å². The van der Waals surface area contributed by atoms with Crippen molar-refractivity contribution in [2.45, 2.75) is 25.8 Å². The highest BCUT2D eigenvalue weighted by atomic mass is 79.9. The van der Waals surface area contributed by atoms with Crippen LogP contribution < -0.4 is 0 Å². The number of alkyl halides is 1. The summed E-state index contributed by atoms with van der Waals surface area (Å²) < 4.78 is 1.31. The Kier molecular flexibility index (Phi) is 4.51. The van der Waals surface area contributed by atoms with Crippen molar-refractivity contribution in [1.82, 2.24) is 9.88 Å². The smallest absolute Gasteiger partial charge is 0.108 e. The summed E-state index contributed by atoms with van der Waals surface area (Å²) in [6.07, 6.45) is 4.03. The number of benzene rings is 1. The molecular formula is C15H19BrN2S. The average Bonchev–Trinajstić information content (AvgIpc) is 2.81. The Morgan fingerprint density at radius 3 is 3.11 bits per heavy atom. The highest BCUT2D eigenvalue weighted by molar-refractivity contribution is 9.09. The van der Waals surface area contributed by atoms with Crippen molar-refractivity contribution in [3.05, 3.63) is 29.3 Å². The van der Waals surface area contributed by atoms with E-state index < -0.39 is 0 Å². The Balaban J connectivity index is 1.67. The largest absolute Gasteiger partial charge is 0.296 e. The number of fused-ring (bicyclic) bond motifs is 1. The first kappa shape index (κ1) is 13.5. The van der Waals surface area contributed by atoms with Crippen molar-refractivity contribution in [1.29, 1.82) is 0 Å². The Hall–Kier alpha value is -0.450. The second-order valence-corrected chi connectivity index (χ2v) is 7.20. The van der Waals surface area contributed by atoms with Crippen LogP contribution in [-0.4, -0.2) is 28.3 Å². The van der Waals surface area contributed by atoms with Crippen LogP contribution in [0, 0.1) is 5.92 Å². The van der Waals surface area contributed by atoms with E-state index in [4.69, 9.17) is 4.98 Å². The van der Waals surface area contributed by atoms with E-state index in [0.29, 0.717) is 0 Å². The van der Waals surface area contributed by atoms with Crippen molar-refractivity contribution in [2.75, 3.05) is 18.4 Å². The topological polar surface area (TPSA) is 16.1 Å². The monoisotopic (exact) mass is 338 g/mol. The zero-order chi connectivity index (χ0) is 13.1. The lowest BCUT2D eigenvalue weighted by Crippen LogP contribution is -2.35. The van der Waals surface area contributed by atoms with E-state index >= 15 is 0 Å². The van der Waals surface area contributed by atoms with Crippen LogP contribution in [0.2, 0.25) is 0 Å². The van der Waals surface area contributed by atoms with Crippen molar-refractivity contribution in [3.8, 4) is 0 Å². The van der Waals surface area contributed by atoms with Gasteiger partial charge in [-0.3, -0.25) is 4.90 Å². The summed E-state index contributed by atoms with van der Waals surface area (Å²) in [5.41, 5.74) is 1.15. The van der Waals surface area contributed by atoms with E-state index in [1.807, 2.05) is 11.3 Å². The summed E-state index contributed by atoms with van der Waals surface area (Å²) in [5, 5.41) is 2.40. The van der Waals surface area contributed by atoms with Crippen LogP contribution >= 0.6 is 27.3 Å². The van der Waals surface area contributed by atoms with E-state index in [2.05, 4.69) is 45.1 Å². The number of nitrogens with zero attached hydrogens (tertiary/aromatic N) is 2. The second-order valence-electron chi connectivity index (χ2n) is 5.30. The van der Waals surface area contributed by atoms with Crippen LogP contribution in [0.15, 0.2) is 24.3 Å². The predicted molar refractivity (Wildman–Crippen MR) is 86.0 cm³/mol. The maximum atomic E-state index is 4.75. The number of rotatable bonds is 4. The van der Waals surface area contributed by atoms with Crippen LogP contribution in [-0.2, 0) is 6.54 Å². The van der Waals surface area contributed by atoms with Gasteiger partial charge in [-0.25, -0.2) is 4.98 Å². The lowest BCUT2D eigenvalue weighted by Gasteiger charge is -2.31. The van der Waals surface area contributed by atoms with Crippen molar-refractivity contribution in [3.63, 3.8) is 0 Å². The van der Waals surface area contributed by atoms with Gasteiger partial charge in [0.25, 0.3) is 0 Å². The van der Waals surface area contributed by atoms with Gasteiger partial charge in [0.05, 0.1) is 16.8 Å². The molecule has 1 aromatic heterocycles. The van der Waals surface area contributed by atoms with E-state index in [9.17, 15) is 0 Å². The fraction of sp³-hybridized carbons (Fsp3) is 0.533. The van der Waals surface area contributed by atoms with Crippen LogP contribution in [0.3, 0.4) is 0 Å². The third-order valence-corrected chi connectivity index (χ3v) is 5.30. The fourth-order valence-electron chi connectivity index (χ4n) is 2.86. The number of hydrogen-bond acceptors (Lipinski definition) is 3. The first-order valence-corrected chi connectivity index (χ1v) is 8.92. The lowest BCUT2D eigenvalue weighted by molar-refractivity contribution is 0.165. The Morgan fingerprint density at radius 1 is 1.37 bits per heavy atom. The fourth-order valence-corrected chi connectivity index (χ4v) is 4.52. The summed E-state index contributed by atoms with van der Waals surface area (Å²) in [6.45, 7) is 3.49. The van der Waals surface area contributed by atoms with Crippen LogP contribution in [0.5, 0.6) is 0 Å². The summed E-state index contributed by atoms with van der Waals surface area (Å²) in [4.78, 5) is 7.32. The standard InChI is InChI=1S/C15H19BrN2S/c16-8-7-12-4-3-9-18(10-12)11-15-17-13-5-1-2-6-14(13)19-15/h1-2,5-6,12H,3-4,7-11H2. The van der Waals surface area contributed by atoms with Gasteiger partial charge < -0.3 is 0 Å². The van der Waals surface area contributed by atoms with Crippen LogP contribution in [0.4, 0.5) is 0 Å². The van der Waals surface area contributed by atoms with Gasteiger partial charge in [0.15, 0.2) is 0 Å². The van der Waals surface area contributed by atoms with Gasteiger partial charge >= 0.3 is 0 Å². The molecular weight excluding hydrogens is 320 g/mol. The minimum absolute atomic E-state index is 0.863. The minimum atomic E-state index is 0.863. The first-order chi connectivity index (χ1) is 9.35. The Morgan fingerprint density at radius 2 is 2.26 bits per heavy atom. The molecule has 4 heteroatoms. The van der Waals surface area contributed by atoms with E-state index in [0.717, 1.165) is 23.3 Å². The van der Waals surface area contributed by atoms with E-state index in [-0.39, 0.29) is 0 Å². The van der Waals surface area contributed by atoms with Crippen molar-refractivity contribution in [2.24, 2.45) is 5.92 Å². The molecule has 0 aliphatic carbocycles. The van der Waals surface area contributed by atoms with Gasteiger partial charge in [-0.05, 0) is 43.9 Å². The number of thiazole rings is 1. The first-order valence-electron chi connectivity index (χ1n) is 6.98. The zero-order valence-corrected chi connectivity index (χ0v) is 13.4. The van der Waals surface area contributed by atoms with Gasteiger partial charge in [0, 0.05) is 11.9 Å². The zero-order valence-electron chi connectivity index (χ0n) is 11.0. The molecule has 1 aromatic carbocycles. The quantitative estimate of drug-likeness (QED) is 0.773. The highest BCUT2D eigenvalue weighted by Crippen LogP contribution is 2.25. The molecule has 1 aliphatic rings. The highest BCUT2D eigenvalue weighted by Gasteiger charge is 2.20. The number of halogens is 1. The Labute approximate surface area is 127 Å². The third kappa shape index (κ3) is 3.36. The number of piperidine rings is 1. The number of para-hydroxylation sites is 1. The SMILES string of the molecule is BrCCC1CCCN(Cc2nc3ccccc3s2)C1. The molecule has 0 radical (unpaired) electrons. The molecule has 1 saturated heterocycles. The molecule has 2 nitrogen and oxygen atoms in total. The maximum absolute atomic E-state index is 4.75. The maximum Gasteiger partial charge on any atom is 0.108 e. The average molecular weight is 339 g/mol. The summed E-state index contributed by atoms with van der Waals surface area (Å²) in [6, 6.07) is 8.44. The van der Waals surface area contributed by atoms with E-state index in [1.165, 1.54) is 42.1 Å². The Bertz CT molecular complexity index is 505. The molecule has 1 unspecified atom stereocenters. The molecule has 19 heavy (non-hydrogen) atoms. The molecule has 0 N–H and O–H groups in total. The molecule has 1 atom stereocenters. The molecule has 0 saturated carbocycles.